The topological polar surface area (TPSA) is 79.1 Å². The van der Waals surface area contributed by atoms with Crippen molar-refractivity contribution in [2.75, 3.05) is 20.3 Å². The Kier molecular flexibility index (Phi) is 6.90. The van der Waals surface area contributed by atoms with Crippen LogP contribution in [0.4, 0.5) is 0 Å². The monoisotopic (exact) mass is 434 g/mol. The SMILES string of the molecule is CCOC(=O)Cn1c(=NC(=O)COc2ccc(OC)cc2)sc2cc(Cl)ccc21. The van der Waals surface area contributed by atoms with Gasteiger partial charge in [-0.25, -0.2) is 0 Å². The largest absolute Gasteiger partial charge is 0.497 e. The van der Waals surface area contributed by atoms with Crippen molar-refractivity contribution in [3.63, 3.8) is 0 Å². The molecule has 0 radical (unpaired) electrons. The van der Waals surface area contributed by atoms with Crippen molar-refractivity contribution in [1.29, 1.82) is 0 Å². The Morgan fingerprint density at radius 3 is 2.55 bits per heavy atom. The first-order valence-corrected chi connectivity index (χ1v) is 9.98. The van der Waals surface area contributed by atoms with Gasteiger partial charge in [-0.15, -0.1) is 0 Å². The molecule has 0 aliphatic carbocycles. The standard InChI is InChI=1S/C20H19ClN2O5S/c1-3-27-19(25)11-23-16-9-4-13(21)10-17(16)29-20(23)22-18(24)12-28-15-7-5-14(26-2)6-8-15/h4-10H,3,11-12H2,1-2H3. The number of carbonyl (C=O) groups excluding carboxylic acids is 2. The van der Waals surface area contributed by atoms with Crippen molar-refractivity contribution >= 4 is 45.0 Å². The van der Waals surface area contributed by atoms with E-state index >= 15 is 0 Å². The fourth-order valence-electron chi connectivity index (χ4n) is 2.58. The third-order valence-electron chi connectivity index (χ3n) is 3.88. The van der Waals surface area contributed by atoms with E-state index in [1.165, 1.54) is 11.3 Å². The van der Waals surface area contributed by atoms with E-state index in [1.54, 1.807) is 61.1 Å². The van der Waals surface area contributed by atoms with E-state index in [-0.39, 0.29) is 19.8 Å². The predicted molar refractivity (Wildman–Crippen MR) is 111 cm³/mol. The minimum atomic E-state index is -0.476. The molecule has 9 heteroatoms. The lowest BCUT2D eigenvalue weighted by Crippen LogP contribution is -2.24. The number of halogens is 1. The Balaban J connectivity index is 1.84. The second kappa shape index (κ2) is 9.58. The summed E-state index contributed by atoms with van der Waals surface area (Å²) >= 11 is 7.32. The van der Waals surface area contributed by atoms with Gasteiger partial charge in [0.05, 0.1) is 23.9 Å². The van der Waals surface area contributed by atoms with E-state index in [0.29, 0.717) is 21.3 Å². The van der Waals surface area contributed by atoms with E-state index in [4.69, 9.17) is 25.8 Å². The highest BCUT2D eigenvalue weighted by Gasteiger charge is 2.13. The van der Waals surface area contributed by atoms with Gasteiger partial charge in [-0.3, -0.25) is 9.59 Å². The molecule has 1 aromatic heterocycles. The van der Waals surface area contributed by atoms with E-state index in [9.17, 15) is 9.59 Å². The van der Waals surface area contributed by atoms with Crippen LogP contribution < -0.4 is 14.3 Å². The van der Waals surface area contributed by atoms with Crippen molar-refractivity contribution in [3.05, 3.63) is 52.3 Å². The van der Waals surface area contributed by atoms with Crippen molar-refractivity contribution in [3.8, 4) is 11.5 Å². The number of carbonyl (C=O) groups is 2. The molecule has 0 unspecified atom stereocenters. The number of hydrogen-bond acceptors (Lipinski definition) is 6. The van der Waals surface area contributed by atoms with E-state index < -0.39 is 11.9 Å². The zero-order valence-corrected chi connectivity index (χ0v) is 17.5. The van der Waals surface area contributed by atoms with Gasteiger partial charge in [0, 0.05) is 5.02 Å². The summed E-state index contributed by atoms with van der Waals surface area (Å²) in [7, 11) is 1.57. The molecule has 152 valence electrons. The number of ether oxygens (including phenoxy) is 3. The molecule has 1 amide bonds. The van der Waals surface area contributed by atoms with Crippen LogP contribution in [0.15, 0.2) is 47.5 Å². The van der Waals surface area contributed by atoms with Gasteiger partial charge in [-0.2, -0.15) is 4.99 Å². The minimum absolute atomic E-state index is 0.0546. The van der Waals surface area contributed by atoms with Crippen LogP contribution >= 0.6 is 22.9 Å². The van der Waals surface area contributed by atoms with Gasteiger partial charge in [0.25, 0.3) is 5.91 Å². The number of esters is 1. The molecule has 0 fully saturated rings. The number of nitrogens with zero attached hydrogens (tertiary/aromatic N) is 2. The van der Waals surface area contributed by atoms with Crippen LogP contribution in [0.3, 0.4) is 0 Å². The Morgan fingerprint density at radius 1 is 1.14 bits per heavy atom. The molecular weight excluding hydrogens is 416 g/mol. The molecule has 2 aromatic carbocycles. The van der Waals surface area contributed by atoms with Crippen molar-refractivity contribution in [1.82, 2.24) is 4.57 Å². The van der Waals surface area contributed by atoms with Crippen LogP contribution in [-0.2, 0) is 20.9 Å². The molecule has 0 N–H and O–H groups in total. The summed E-state index contributed by atoms with van der Waals surface area (Å²) in [5.41, 5.74) is 0.745. The first kappa shape index (κ1) is 20.9. The van der Waals surface area contributed by atoms with Crippen LogP contribution in [0, 0.1) is 0 Å². The van der Waals surface area contributed by atoms with Gasteiger partial charge in [-0.05, 0) is 49.4 Å². The molecule has 0 bridgehead atoms. The number of hydrogen-bond donors (Lipinski definition) is 0. The normalized spacial score (nSPS) is 11.5. The van der Waals surface area contributed by atoms with Crippen LogP contribution in [0.25, 0.3) is 10.2 Å². The van der Waals surface area contributed by atoms with Gasteiger partial charge in [0.2, 0.25) is 0 Å². The van der Waals surface area contributed by atoms with Crippen molar-refractivity contribution in [2.45, 2.75) is 13.5 Å². The number of methoxy groups -OCH3 is 1. The smallest absolute Gasteiger partial charge is 0.326 e. The summed E-state index contributed by atoms with van der Waals surface area (Å²) < 4.78 is 18.0. The van der Waals surface area contributed by atoms with Crippen LogP contribution in [0.1, 0.15) is 6.92 Å². The van der Waals surface area contributed by atoms with Gasteiger partial charge >= 0.3 is 5.97 Å². The highest BCUT2D eigenvalue weighted by atomic mass is 35.5. The molecule has 29 heavy (non-hydrogen) atoms. The number of aromatic nitrogens is 1. The lowest BCUT2D eigenvalue weighted by molar-refractivity contribution is -0.143. The quantitative estimate of drug-likeness (QED) is 0.532. The van der Waals surface area contributed by atoms with Gasteiger partial charge in [0.1, 0.15) is 18.0 Å². The predicted octanol–water partition coefficient (Wildman–Crippen LogP) is 3.43. The number of rotatable bonds is 7. The van der Waals surface area contributed by atoms with Gasteiger partial charge in [0.15, 0.2) is 11.4 Å². The summed E-state index contributed by atoms with van der Waals surface area (Å²) in [6.45, 7) is 1.72. The second-order valence-corrected chi connectivity index (χ2v) is 7.30. The number of fused-ring (bicyclic) bond motifs is 1. The Labute approximate surface area is 176 Å². The Morgan fingerprint density at radius 2 is 1.86 bits per heavy atom. The maximum Gasteiger partial charge on any atom is 0.326 e. The Bertz CT molecular complexity index is 1090. The van der Waals surface area contributed by atoms with Gasteiger partial charge < -0.3 is 18.8 Å². The second-order valence-electron chi connectivity index (χ2n) is 5.86. The zero-order chi connectivity index (χ0) is 20.8. The molecule has 3 aromatic rings. The molecule has 0 saturated heterocycles. The van der Waals surface area contributed by atoms with E-state index in [1.807, 2.05) is 0 Å². The van der Waals surface area contributed by atoms with Crippen molar-refractivity contribution < 1.29 is 23.8 Å². The molecule has 0 aliphatic heterocycles. The average Bonchev–Trinajstić information content (AvgIpc) is 3.02. The lowest BCUT2D eigenvalue weighted by atomic mass is 10.3. The number of benzene rings is 2. The molecular formula is C20H19ClN2O5S. The van der Waals surface area contributed by atoms with Crippen LogP contribution in [0.5, 0.6) is 11.5 Å². The third kappa shape index (κ3) is 5.36. The van der Waals surface area contributed by atoms with E-state index in [2.05, 4.69) is 4.99 Å². The maximum atomic E-state index is 12.4. The summed E-state index contributed by atoms with van der Waals surface area (Å²) in [4.78, 5) is 28.9. The molecule has 3 rings (SSSR count). The summed E-state index contributed by atoms with van der Waals surface area (Å²) in [6.07, 6.45) is 0. The van der Waals surface area contributed by atoms with Gasteiger partial charge in [-0.1, -0.05) is 22.9 Å². The Hall–Kier alpha value is -2.84. The summed E-state index contributed by atoms with van der Waals surface area (Å²) in [5.74, 6) is 0.329. The molecule has 7 nitrogen and oxygen atoms in total. The number of thiazole rings is 1. The third-order valence-corrected chi connectivity index (χ3v) is 5.16. The summed E-state index contributed by atoms with van der Waals surface area (Å²) in [6, 6.07) is 12.1. The number of amides is 1. The average molecular weight is 435 g/mol. The van der Waals surface area contributed by atoms with Crippen LogP contribution in [-0.4, -0.2) is 36.8 Å². The fraction of sp³-hybridized carbons (Fsp3) is 0.250. The molecule has 0 aliphatic rings. The molecule has 0 atom stereocenters. The lowest BCUT2D eigenvalue weighted by Gasteiger charge is -2.06. The van der Waals surface area contributed by atoms with E-state index in [0.717, 1.165) is 10.2 Å². The van der Waals surface area contributed by atoms with Crippen molar-refractivity contribution in [2.24, 2.45) is 4.99 Å². The zero-order valence-electron chi connectivity index (χ0n) is 15.9. The highest BCUT2D eigenvalue weighted by Crippen LogP contribution is 2.22. The molecule has 0 spiro atoms. The summed E-state index contributed by atoms with van der Waals surface area (Å²) in [5, 5.41) is 0.558. The first-order chi connectivity index (χ1) is 14.0. The fourth-order valence-corrected chi connectivity index (χ4v) is 3.90. The molecule has 0 saturated carbocycles. The maximum absolute atomic E-state index is 12.4. The minimum Gasteiger partial charge on any atom is -0.497 e. The highest BCUT2D eigenvalue weighted by molar-refractivity contribution is 7.16. The first-order valence-electron chi connectivity index (χ1n) is 8.79. The van der Waals surface area contributed by atoms with Crippen LogP contribution in [0.2, 0.25) is 5.02 Å². The molecule has 1 heterocycles.